The highest BCUT2D eigenvalue weighted by atomic mass is 35.5. The van der Waals surface area contributed by atoms with E-state index in [1.54, 1.807) is 0 Å². The van der Waals surface area contributed by atoms with E-state index in [0.717, 1.165) is 18.7 Å². The first-order valence-electron chi connectivity index (χ1n) is 7.83. The molecule has 2 unspecified atom stereocenters. The average Bonchev–Trinajstić information content (AvgIpc) is 2.55. The van der Waals surface area contributed by atoms with Gasteiger partial charge in [0.1, 0.15) is 5.69 Å². The zero-order valence-corrected chi connectivity index (χ0v) is 16.5. The first-order valence-corrected chi connectivity index (χ1v) is 9.72. The number of sulfone groups is 1. The highest BCUT2D eigenvalue weighted by molar-refractivity contribution is 7.90. The number of amides is 1. The number of halogens is 1. The number of benzene rings is 1. The summed E-state index contributed by atoms with van der Waals surface area (Å²) in [7, 11) is -3.54. The zero-order valence-electron chi connectivity index (χ0n) is 14.9. The summed E-state index contributed by atoms with van der Waals surface area (Å²) in [5, 5.41) is 16.6. The second kappa shape index (κ2) is 10.3. The van der Waals surface area contributed by atoms with Crippen LogP contribution in [0.1, 0.15) is 20.3 Å². The fraction of sp³-hybridized carbons (Fsp3) is 0.533. The van der Waals surface area contributed by atoms with E-state index in [9.17, 15) is 23.3 Å². The fourth-order valence-electron chi connectivity index (χ4n) is 2.06. The lowest BCUT2D eigenvalue weighted by Gasteiger charge is -2.17. The molecule has 0 aliphatic carbocycles. The van der Waals surface area contributed by atoms with Crippen LogP contribution in [0.4, 0.5) is 11.4 Å². The molecule has 0 aromatic heterocycles. The molecule has 9 nitrogen and oxygen atoms in total. The van der Waals surface area contributed by atoms with E-state index in [4.69, 9.17) is 5.73 Å². The van der Waals surface area contributed by atoms with Gasteiger partial charge >= 0.3 is 0 Å². The van der Waals surface area contributed by atoms with Gasteiger partial charge < -0.3 is 16.4 Å². The van der Waals surface area contributed by atoms with Crippen molar-refractivity contribution in [3.63, 3.8) is 0 Å². The van der Waals surface area contributed by atoms with Crippen molar-refractivity contribution in [1.82, 2.24) is 5.32 Å². The Labute approximate surface area is 159 Å². The largest absolute Gasteiger partial charge is 0.378 e. The fourth-order valence-corrected chi connectivity index (χ4v) is 2.70. The Morgan fingerprint density at radius 1 is 1.35 bits per heavy atom. The van der Waals surface area contributed by atoms with Gasteiger partial charge in [-0.05, 0) is 18.1 Å². The summed E-state index contributed by atoms with van der Waals surface area (Å²) in [6.45, 7) is 4.29. The summed E-state index contributed by atoms with van der Waals surface area (Å²) in [5.41, 5.74) is 5.64. The van der Waals surface area contributed by atoms with Crippen molar-refractivity contribution in [3.05, 3.63) is 28.3 Å². The molecule has 0 aliphatic rings. The maximum Gasteiger partial charge on any atom is 0.293 e. The van der Waals surface area contributed by atoms with E-state index < -0.39 is 20.8 Å². The molecule has 0 saturated carbocycles. The first-order chi connectivity index (χ1) is 11.6. The molecule has 1 rings (SSSR count). The molecule has 26 heavy (non-hydrogen) atoms. The molecule has 1 aromatic rings. The predicted octanol–water partition coefficient (Wildman–Crippen LogP) is 1.32. The summed E-state index contributed by atoms with van der Waals surface area (Å²) < 4.78 is 23.0. The van der Waals surface area contributed by atoms with Gasteiger partial charge in [0, 0.05) is 25.4 Å². The lowest BCUT2D eigenvalue weighted by atomic mass is 9.99. The second-order valence-corrected chi connectivity index (χ2v) is 7.85. The molecule has 148 valence electrons. The van der Waals surface area contributed by atoms with Crippen molar-refractivity contribution in [2.24, 2.45) is 11.7 Å². The Hall–Kier alpha value is -1.91. The van der Waals surface area contributed by atoms with Crippen molar-refractivity contribution < 1.29 is 18.1 Å². The van der Waals surface area contributed by atoms with Gasteiger partial charge in [-0.2, -0.15) is 0 Å². The average molecular weight is 409 g/mol. The number of carbonyl (C=O) groups excluding carboxylic acids is 1. The number of anilines is 1. The summed E-state index contributed by atoms with van der Waals surface area (Å²) in [6.07, 6.45) is 1.76. The number of carbonyl (C=O) groups is 1. The predicted molar refractivity (Wildman–Crippen MR) is 102 cm³/mol. The van der Waals surface area contributed by atoms with Gasteiger partial charge in [0.05, 0.1) is 15.9 Å². The molecule has 0 fully saturated rings. The number of hydrogen-bond donors (Lipinski definition) is 3. The van der Waals surface area contributed by atoms with Crippen LogP contribution in [0.5, 0.6) is 0 Å². The number of nitro groups is 1. The minimum Gasteiger partial charge on any atom is -0.378 e. The quantitative estimate of drug-likeness (QED) is 0.317. The number of nitro benzene ring substituents is 1. The van der Waals surface area contributed by atoms with Gasteiger partial charge in [-0.3, -0.25) is 14.9 Å². The maximum atomic E-state index is 11.8. The van der Waals surface area contributed by atoms with Crippen LogP contribution < -0.4 is 16.4 Å². The molecule has 0 heterocycles. The van der Waals surface area contributed by atoms with Crippen LogP contribution in [0.3, 0.4) is 0 Å². The summed E-state index contributed by atoms with van der Waals surface area (Å²) in [6, 6.07) is 3.03. The van der Waals surface area contributed by atoms with Crippen molar-refractivity contribution in [2.75, 3.05) is 24.7 Å². The Kier molecular flexibility index (Phi) is 9.53. The minimum absolute atomic E-state index is 0. The van der Waals surface area contributed by atoms with E-state index in [2.05, 4.69) is 10.6 Å². The molecule has 4 N–H and O–H groups in total. The van der Waals surface area contributed by atoms with Crippen molar-refractivity contribution in [2.45, 2.75) is 31.2 Å². The van der Waals surface area contributed by atoms with Crippen LogP contribution in [0, 0.1) is 16.0 Å². The number of rotatable bonds is 9. The van der Waals surface area contributed by atoms with Crippen molar-refractivity contribution in [3.8, 4) is 0 Å². The van der Waals surface area contributed by atoms with Gasteiger partial charge in [-0.25, -0.2) is 8.42 Å². The highest BCUT2D eigenvalue weighted by Crippen LogP contribution is 2.27. The number of nitrogens with two attached hydrogens (primary N) is 1. The maximum absolute atomic E-state index is 11.8. The van der Waals surface area contributed by atoms with Gasteiger partial charge in [0.2, 0.25) is 5.91 Å². The number of hydrogen-bond acceptors (Lipinski definition) is 7. The monoisotopic (exact) mass is 408 g/mol. The molecule has 11 heteroatoms. The van der Waals surface area contributed by atoms with Crippen LogP contribution in [-0.2, 0) is 14.6 Å². The van der Waals surface area contributed by atoms with Gasteiger partial charge in [-0.15, -0.1) is 12.4 Å². The third-order valence-corrected chi connectivity index (χ3v) is 5.00. The van der Waals surface area contributed by atoms with E-state index in [1.807, 2.05) is 13.8 Å². The van der Waals surface area contributed by atoms with Crippen LogP contribution in [-0.4, -0.2) is 44.6 Å². The van der Waals surface area contributed by atoms with Crippen molar-refractivity contribution >= 4 is 39.5 Å². The Morgan fingerprint density at radius 2 is 1.96 bits per heavy atom. The molecular weight excluding hydrogens is 384 g/mol. The Morgan fingerprint density at radius 3 is 2.46 bits per heavy atom. The topological polar surface area (TPSA) is 144 Å². The molecule has 0 aliphatic heterocycles. The summed E-state index contributed by atoms with van der Waals surface area (Å²) in [4.78, 5) is 22.2. The van der Waals surface area contributed by atoms with Gasteiger partial charge in [0.15, 0.2) is 9.84 Å². The molecule has 0 bridgehead atoms. The third kappa shape index (κ3) is 6.77. The molecule has 0 saturated heterocycles. The number of nitrogens with zero attached hydrogens (tertiary/aromatic N) is 1. The van der Waals surface area contributed by atoms with E-state index in [0.29, 0.717) is 0 Å². The lowest BCUT2D eigenvalue weighted by Crippen LogP contribution is -2.45. The Balaban J connectivity index is 0.00000625. The minimum atomic E-state index is -3.54. The molecule has 0 spiro atoms. The van der Waals surface area contributed by atoms with Crippen molar-refractivity contribution in [1.29, 1.82) is 0 Å². The molecule has 2 atom stereocenters. The first kappa shape index (κ1) is 24.1. The molecular formula is C15H25ClN4O5S. The lowest BCUT2D eigenvalue weighted by molar-refractivity contribution is -0.384. The number of nitrogens with one attached hydrogen (secondary N) is 2. The second-order valence-electron chi connectivity index (χ2n) is 5.84. The summed E-state index contributed by atoms with van der Waals surface area (Å²) in [5.74, 6) is -0.226. The smallest absolute Gasteiger partial charge is 0.293 e. The van der Waals surface area contributed by atoms with E-state index in [1.165, 1.54) is 12.1 Å². The molecule has 1 amide bonds. The van der Waals surface area contributed by atoms with Gasteiger partial charge in [-0.1, -0.05) is 20.3 Å². The molecule has 1 aromatic carbocycles. The van der Waals surface area contributed by atoms with Gasteiger partial charge in [0.25, 0.3) is 5.69 Å². The highest BCUT2D eigenvalue weighted by Gasteiger charge is 2.20. The SMILES string of the molecule is CCC(C)C(N)C(=O)NCCNc1ccc(S(C)(=O)=O)cc1[N+](=O)[O-].Cl. The van der Waals surface area contributed by atoms with Crippen LogP contribution in [0.15, 0.2) is 23.1 Å². The Bertz CT molecular complexity index is 742. The van der Waals surface area contributed by atoms with Crippen LogP contribution in [0.25, 0.3) is 0 Å². The van der Waals surface area contributed by atoms with E-state index >= 15 is 0 Å². The zero-order chi connectivity index (χ0) is 19.2. The standard InChI is InChI=1S/C15H24N4O5S.ClH/c1-4-10(2)14(16)15(20)18-8-7-17-12-6-5-11(25(3,23)24)9-13(12)19(21)22;/h5-6,9-10,14,17H,4,7-8,16H2,1-3H3,(H,18,20);1H. The van der Waals surface area contributed by atoms with Crippen LogP contribution >= 0.6 is 12.4 Å². The third-order valence-electron chi connectivity index (χ3n) is 3.89. The summed E-state index contributed by atoms with van der Waals surface area (Å²) >= 11 is 0. The normalized spacial score (nSPS) is 13.2. The molecule has 0 radical (unpaired) electrons. The van der Waals surface area contributed by atoms with Crippen LogP contribution in [0.2, 0.25) is 0 Å². The van der Waals surface area contributed by atoms with E-state index in [-0.39, 0.29) is 53.6 Å².